The van der Waals surface area contributed by atoms with E-state index in [-0.39, 0.29) is 0 Å². The van der Waals surface area contributed by atoms with E-state index in [0.717, 1.165) is 17.0 Å². The van der Waals surface area contributed by atoms with Crippen LogP contribution in [-0.4, -0.2) is 19.0 Å². The average molecular weight is 379 g/mol. The van der Waals surface area contributed by atoms with Crippen molar-refractivity contribution in [1.82, 2.24) is 0 Å². The van der Waals surface area contributed by atoms with Crippen molar-refractivity contribution in [2.75, 3.05) is 12.4 Å². The zero-order valence-electron chi connectivity index (χ0n) is 13.4. The Labute approximate surface area is 151 Å². The van der Waals surface area contributed by atoms with Gasteiger partial charge in [0.05, 0.1) is 28.8 Å². The smallest absolute Gasteiger partial charge is 0.416 e. The molecule has 1 aliphatic rings. The number of carbonyl (C=O) groups excluding carboxylic acids is 2. The molecule has 0 aliphatic carbocycles. The first-order chi connectivity index (χ1) is 12.3. The van der Waals surface area contributed by atoms with E-state index in [1.165, 1.54) is 43.1 Å². The molecule has 0 aromatic heterocycles. The van der Waals surface area contributed by atoms with Gasteiger partial charge in [-0.25, -0.2) is 4.79 Å². The van der Waals surface area contributed by atoms with E-state index in [4.69, 9.17) is 0 Å². The summed E-state index contributed by atoms with van der Waals surface area (Å²) >= 11 is 1.17. The van der Waals surface area contributed by atoms with Crippen LogP contribution < -0.4 is 5.32 Å². The number of alkyl halides is 3. The Hall–Kier alpha value is -2.74. The Morgan fingerprint density at radius 1 is 1.15 bits per heavy atom. The molecule has 3 rings (SSSR count). The SMILES string of the molecule is COC(=O)c1ccc2c(c1)NC(=O)C(=Cc1ccc(C(F)(F)F)cc1)S2. The third-order valence-electron chi connectivity index (χ3n) is 3.63. The van der Waals surface area contributed by atoms with E-state index in [1.807, 2.05) is 0 Å². The Bertz CT molecular complexity index is 905. The molecule has 26 heavy (non-hydrogen) atoms. The second kappa shape index (κ2) is 6.87. The van der Waals surface area contributed by atoms with Crippen molar-refractivity contribution in [2.45, 2.75) is 11.1 Å². The summed E-state index contributed by atoms with van der Waals surface area (Å²) in [7, 11) is 1.26. The molecule has 4 nitrogen and oxygen atoms in total. The largest absolute Gasteiger partial charge is 0.465 e. The second-order valence-corrected chi connectivity index (χ2v) is 6.47. The number of carbonyl (C=O) groups is 2. The number of halogens is 3. The highest BCUT2D eigenvalue weighted by molar-refractivity contribution is 8.04. The summed E-state index contributed by atoms with van der Waals surface area (Å²) < 4.78 is 42.5. The van der Waals surface area contributed by atoms with Gasteiger partial charge in [0.2, 0.25) is 0 Å². The van der Waals surface area contributed by atoms with Crippen LogP contribution in [0.15, 0.2) is 52.3 Å². The highest BCUT2D eigenvalue weighted by Crippen LogP contribution is 2.39. The van der Waals surface area contributed by atoms with E-state index in [0.29, 0.717) is 21.7 Å². The van der Waals surface area contributed by atoms with Gasteiger partial charge in [-0.1, -0.05) is 23.9 Å². The van der Waals surface area contributed by atoms with Crippen molar-refractivity contribution in [3.05, 3.63) is 64.1 Å². The molecule has 2 aromatic rings. The van der Waals surface area contributed by atoms with E-state index in [2.05, 4.69) is 10.1 Å². The maximum atomic E-state index is 12.6. The third-order valence-corrected chi connectivity index (χ3v) is 4.73. The van der Waals surface area contributed by atoms with Gasteiger partial charge >= 0.3 is 12.1 Å². The van der Waals surface area contributed by atoms with Gasteiger partial charge in [-0.15, -0.1) is 0 Å². The fourth-order valence-corrected chi connectivity index (χ4v) is 3.26. The highest BCUT2D eigenvalue weighted by Gasteiger charge is 2.30. The summed E-state index contributed by atoms with van der Waals surface area (Å²) in [4.78, 5) is 24.8. The predicted octanol–water partition coefficient (Wildman–Crippen LogP) is 4.58. The van der Waals surface area contributed by atoms with Gasteiger partial charge in [0.15, 0.2) is 0 Å². The average Bonchev–Trinajstić information content (AvgIpc) is 2.61. The number of rotatable bonds is 2. The summed E-state index contributed by atoms with van der Waals surface area (Å²) in [5.74, 6) is -0.914. The summed E-state index contributed by atoms with van der Waals surface area (Å²) in [5.41, 5.74) is 0.515. The molecule has 1 heterocycles. The number of anilines is 1. The zero-order chi connectivity index (χ0) is 18.9. The lowest BCUT2D eigenvalue weighted by molar-refractivity contribution is -0.137. The quantitative estimate of drug-likeness (QED) is 0.613. The van der Waals surface area contributed by atoms with Crippen molar-refractivity contribution in [1.29, 1.82) is 0 Å². The summed E-state index contributed by atoms with van der Waals surface area (Å²) in [6.07, 6.45) is -2.89. The predicted molar refractivity (Wildman–Crippen MR) is 91.7 cm³/mol. The molecule has 8 heteroatoms. The van der Waals surface area contributed by atoms with Crippen LogP contribution in [0.5, 0.6) is 0 Å². The van der Waals surface area contributed by atoms with Crippen LogP contribution >= 0.6 is 11.8 Å². The molecule has 0 atom stereocenters. The Morgan fingerprint density at radius 2 is 1.85 bits per heavy atom. The van der Waals surface area contributed by atoms with Crippen molar-refractivity contribution in [3.63, 3.8) is 0 Å². The molecule has 0 unspecified atom stereocenters. The van der Waals surface area contributed by atoms with E-state index in [9.17, 15) is 22.8 Å². The standard InChI is InChI=1S/C18H12F3NO3S/c1-25-17(24)11-4-7-14-13(9-11)22-16(23)15(26-14)8-10-2-5-12(6-3-10)18(19,20)21/h2-9H,1H3,(H,22,23). The van der Waals surface area contributed by atoms with Crippen LogP contribution in [0.4, 0.5) is 18.9 Å². The number of nitrogens with one attached hydrogen (secondary N) is 1. The van der Waals surface area contributed by atoms with Gasteiger partial charge in [0, 0.05) is 4.90 Å². The number of amides is 1. The van der Waals surface area contributed by atoms with Gasteiger partial charge in [0.25, 0.3) is 5.91 Å². The summed E-state index contributed by atoms with van der Waals surface area (Å²) in [5, 5.41) is 2.67. The van der Waals surface area contributed by atoms with Crippen molar-refractivity contribution in [2.24, 2.45) is 0 Å². The number of benzene rings is 2. The fraction of sp³-hybridized carbons (Fsp3) is 0.111. The van der Waals surface area contributed by atoms with Gasteiger partial charge in [0.1, 0.15) is 0 Å². The molecule has 0 saturated heterocycles. The van der Waals surface area contributed by atoms with Crippen LogP contribution in [-0.2, 0) is 15.7 Å². The van der Waals surface area contributed by atoms with Crippen LogP contribution in [0, 0.1) is 0 Å². The molecule has 0 saturated carbocycles. The number of fused-ring (bicyclic) bond motifs is 1. The van der Waals surface area contributed by atoms with Crippen molar-refractivity contribution >= 4 is 35.4 Å². The number of ether oxygens (including phenoxy) is 1. The van der Waals surface area contributed by atoms with Gasteiger partial charge in [-0.05, 0) is 42.0 Å². The van der Waals surface area contributed by atoms with E-state index >= 15 is 0 Å². The minimum Gasteiger partial charge on any atom is -0.465 e. The number of methoxy groups -OCH3 is 1. The maximum Gasteiger partial charge on any atom is 0.416 e. The van der Waals surface area contributed by atoms with Crippen LogP contribution in [0.3, 0.4) is 0 Å². The highest BCUT2D eigenvalue weighted by atomic mass is 32.2. The molecule has 1 amide bonds. The minimum atomic E-state index is -4.40. The first kappa shape index (κ1) is 18.1. The summed E-state index contributed by atoms with van der Waals surface area (Å²) in [6, 6.07) is 9.31. The van der Waals surface area contributed by atoms with E-state index in [1.54, 1.807) is 12.1 Å². The van der Waals surface area contributed by atoms with Crippen LogP contribution in [0.1, 0.15) is 21.5 Å². The molecule has 134 valence electrons. The Morgan fingerprint density at radius 3 is 2.46 bits per heavy atom. The molecule has 0 fully saturated rings. The van der Waals surface area contributed by atoms with Gasteiger partial charge in [-0.2, -0.15) is 13.2 Å². The minimum absolute atomic E-state index is 0.308. The van der Waals surface area contributed by atoms with E-state index < -0.39 is 23.6 Å². The molecule has 2 aromatic carbocycles. The summed E-state index contributed by atoms with van der Waals surface area (Å²) in [6.45, 7) is 0. The van der Waals surface area contributed by atoms with Crippen LogP contribution in [0.25, 0.3) is 6.08 Å². The molecule has 0 radical (unpaired) electrons. The number of thioether (sulfide) groups is 1. The molecular weight excluding hydrogens is 367 g/mol. The maximum absolute atomic E-state index is 12.6. The number of esters is 1. The topological polar surface area (TPSA) is 55.4 Å². The zero-order valence-corrected chi connectivity index (χ0v) is 14.2. The second-order valence-electron chi connectivity index (χ2n) is 5.39. The molecular formula is C18H12F3NO3S. The van der Waals surface area contributed by atoms with Crippen LogP contribution in [0.2, 0.25) is 0 Å². The Kier molecular flexibility index (Phi) is 4.78. The lowest BCUT2D eigenvalue weighted by Gasteiger charge is -2.19. The lowest BCUT2D eigenvalue weighted by atomic mass is 10.1. The molecule has 1 aliphatic heterocycles. The monoisotopic (exact) mass is 379 g/mol. The van der Waals surface area contributed by atoms with Gasteiger partial charge < -0.3 is 10.1 Å². The molecule has 0 bridgehead atoms. The Balaban J connectivity index is 1.86. The van der Waals surface area contributed by atoms with Gasteiger partial charge in [-0.3, -0.25) is 4.79 Å². The van der Waals surface area contributed by atoms with Crippen molar-refractivity contribution < 1.29 is 27.5 Å². The fourth-order valence-electron chi connectivity index (χ4n) is 2.32. The molecule has 1 N–H and O–H groups in total. The molecule has 0 spiro atoms. The number of hydrogen-bond acceptors (Lipinski definition) is 4. The first-order valence-corrected chi connectivity index (χ1v) is 8.20. The number of hydrogen-bond donors (Lipinski definition) is 1. The normalized spacial score (nSPS) is 15.4. The van der Waals surface area contributed by atoms with Crippen molar-refractivity contribution in [3.8, 4) is 0 Å². The lowest BCUT2D eigenvalue weighted by Crippen LogP contribution is -2.18. The third kappa shape index (κ3) is 3.75. The first-order valence-electron chi connectivity index (χ1n) is 7.38.